The van der Waals surface area contributed by atoms with Gasteiger partial charge in [0.1, 0.15) is 5.56 Å². The van der Waals surface area contributed by atoms with Crippen molar-refractivity contribution in [3.8, 4) is 0 Å². The summed E-state index contributed by atoms with van der Waals surface area (Å²) in [6, 6.07) is 0. The average molecular weight is 333 g/mol. The van der Waals surface area contributed by atoms with Gasteiger partial charge in [0, 0.05) is 13.1 Å². The lowest BCUT2D eigenvalue weighted by Gasteiger charge is -2.18. The summed E-state index contributed by atoms with van der Waals surface area (Å²) in [6.07, 6.45) is 3.24. The number of rotatable bonds is 5. The standard InChI is InChI=1S/C17H23N3O4/c1-3-10-13(4-2)18-19-15(21)14(10)16(22)20-7-11(9-5-6-9)12(8-20)17(23)24/h9,11-12H,3-8H2,1-2H3,(H,19,21)(H,23,24)/t11-,12+/m1/s1. The molecule has 1 aliphatic heterocycles. The third-order valence-corrected chi connectivity index (χ3v) is 5.27. The van der Waals surface area contributed by atoms with Gasteiger partial charge in [-0.25, -0.2) is 5.10 Å². The molecule has 24 heavy (non-hydrogen) atoms. The molecule has 0 radical (unpaired) electrons. The number of aliphatic carboxylic acids is 1. The van der Waals surface area contributed by atoms with Gasteiger partial charge < -0.3 is 10.0 Å². The number of aromatic nitrogens is 2. The van der Waals surface area contributed by atoms with E-state index in [9.17, 15) is 19.5 Å². The smallest absolute Gasteiger partial charge is 0.308 e. The monoisotopic (exact) mass is 333 g/mol. The van der Waals surface area contributed by atoms with Crippen LogP contribution in [0.1, 0.15) is 48.3 Å². The van der Waals surface area contributed by atoms with Crippen molar-refractivity contribution in [2.45, 2.75) is 39.5 Å². The Morgan fingerprint density at radius 2 is 1.96 bits per heavy atom. The molecule has 1 saturated heterocycles. The molecule has 0 unspecified atom stereocenters. The fourth-order valence-corrected chi connectivity index (χ4v) is 3.84. The van der Waals surface area contributed by atoms with Gasteiger partial charge in [0.2, 0.25) is 0 Å². The largest absolute Gasteiger partial charge is 0.481 e. The highest BCUT2D eigenvalue weighted by Gasteiger charge is 2.47. The molecule has 130 valence electrons. The minimum atomic E-state index is -0.851. The number of carboxylic acid groups (broad SMARTS) is 1. The van der Waals surface area contributed by atoms with Gasteiger partial charge in [-0.1, -0.05) is 13.8 Å². The summed E-state index contributed by atoms with van der Waals surface area (Å²) in [5.74, 6) is -1.34. The van der Waals surface area contributed by atoms with Crippen LogP contribution in [0.15, 0.2) is 4.79 Å². The SMILES string of the molecule is CCc1n[nH]c(=O)c(C(=O)N2C[C@H](C(=O)O)[C@@H](C3CC3)C2)c1CC. The number of amides is 1. The average Bonchev–Trinajstić information content (AvgIpc) is 3.31. The Balaban J connectivity index is 1.92. The number of nitrogens with zero attached hydrogens (tertiary/aromatic N) is 2. The molecule has 2 heterocycles. The third kappa shape index (κ3) is 2.83. The molecular formula is C17H23N3O4. The van der Waals surface area contributed by atoms with Gasteiger partial charge in [0.15, 0.2) is 0 Å². The second kappa shape index (κ2) is 6.37. The van der Waals surface area contributed by atoms with Crippen LogP contribution in [0.2, 0.25) is 0 Å². The molecule has 7 heteroatoms. The first-order valence-electron chi connectivity index (χ1n) is 8.60. The van der Waals surface area contributed by atoms with Crippen LogP contribution in [0.25, 0.3) is 0 Å². The number of hydrogen-bond donors (Lipinski definition) is 2. The number of carbonyl (C=O) groups excluding carboxylic acids is 1. The topological polar surface area (TPSA) is 103 Å². The predicted octanol–water partition coefficient (Wildman–Crippen LogP) is 1.08. The summed E-state index contributed by atoms with van der Waals surface area (Å²) in [7, 11) is 0. The van der Waals surface area contributed by atoms with E-state index in [2.05, 4.69) is 10.2 Å². The highest BCUT2D eigenvalue weighted by Crippen LogP contribution is 2.44. The molecule has 0 spiro atoms. The number of nitrogens with one attached hydrogen (secondary N) is 1. The van der Waals surface area contributed by atoms with E-state index in [1.165, 1.54) is 0 Å². The van der Waals surface area contributed by atoms with Crippen molar-refractivity contribution in [3.63, 3.8) is 0 Å². The number of H-pyrrole nitrogens is 1. The first kappa shape index (κ1) is 16.7. The van der Waals surface area contributed by atoms with Crippen molar-refractivity contribution < 1.29 is 14.7 Å². The lowest BCUT2D eigenvalue weighted by Crippen LogP contribution is -2.36. The van der Waals surface area contributed by atoms with E-state index in [0.717, 1.165) is 12.8 Å². The summed E-state index contributed by atoms with van der Waals surface area (Å²) < 4.78 is 0. The highest BCUT2D eigenvalue weighted by molar-refractivity contribution is 5.96. The van der Waals surface area contributed by atoms with Gasteiger partial charge in [-0.05, 0) is 43.1 Å². The molecule has 3 rings (SSSR count). The maximum Gasteiger partial charge on any atom is 0.308 e. The first-order chi connectivity index (χ1) is 11.5. The Hall–Kier alpha value is -2.18. The van der Waals surface area contributed by atoms with E-state index in [1.807, 2.05) is 13.8 Å². The Morgan fingerprint density at radius 1 is 1.25 bits per heavy atom. The number of hydrogen-bond acceptors (Lipinski definition) is 4. The highest BCUT2D eigenvalue weighted by atomic mass is 16.4. The van der Waals surface area contributed by atoms with Gasteiger partial charge in [-0.15, -0.1) is 0 Å². The Kier molecular flexibility index (Phi) is 4.43. The molecule has 1 aromatic rings. The molecule has 1 amide bonds. The molecule has 2 fully saturated rings. The Labute approximate surface area is 140 Å². The van der Waals surface area contributed by atoms with Crippen molar-refractivity contribution in [1.82, 2.24) is 15.1 Å². The van der Waals surface area contributed by atoms with Crippen LogP contribution < -0.4 is 5.56 Å². The maximum atomic E-state index is 13.0. The summed E-state index contributed by atoms with van der Waals surface area (Å²) in [5, 5.41) is 15.9. The van der Waals surface area contributed by atoms with Crippen LogP contribution in [0.5, 0.6) is 0 Å². The normalized spacial score (nSPS) is 23.5. The minimum absolute atomic E-state index is 0.00286. The van der Waals surface area contributed by atoms with Crippen molar-refractivity contribution in [3.05, 3.63) is 27.2 Å². The maximum absolute atomic E-state index is 13.0. The van der Waals surface area contributed by atoms with Crippen molar-refractivity contribution in [2.75, 3.05) is 13.1 Å². The number of likely N-dealkylation sites (tertiary alicyclic amines) is 1. The van der Waals surface area contributed by atoms with Crippen LogP contribution >= 0.6 is 0 Å². The van der Waals surface area contributed by atoms with E-state index < -0.39 is 17.4 Å². The van der Waals surface area contributed by atoms with Gasteiger partial charge in [-0.2, -0.15) is 5.10 Å². The van der Waals surface area contributed by atoms with Crippen molar-refractivity contribution in [1.29, 1.82) is 0 Å². The predicted molar refractivity (Wildman–Crippen MR) is 86.9 cm³/mol. The van der Waals surface area contributed by atoms with E-state index in [4.69, 9.17) is 0 Å². The van der Waals surface area contributed by atoms with Crippen LogP contribution in [0, 0.1) is 17.8 Å². The molecular weight excluding hydrogens is 310 g/mol. The summed E-state index contributed by atoms with van der Waals surface area (Å²) >= 11 is 0. The minimum Gasteiger partial charge on any atom is -0.481 e. The zero-order chi connectivity index (χ0) is 17.4. The quantitative estimate of drug-likeness (QED) is 0.839. The number of aromatic amines is 1. The van der Waals surface area contributed by atoms with Gasteiger partial charge >= 0.3 is 5.97 Å². The fourth-order valence-electron chi connectivity index (χ4n) is 3.84. The molecule has 1 aromatic heterocycles. The van der Waals surface area contributed by atoms with E-state index in [1.54, 1.807) is 4.90 Å². The van der Waals surface area contributed by atoms with Crippen LogP contribution in [-0.4, -0.2) is 45.2 Å². The molecule has 1 saturated carbocycles. The molecule has 2 N–H and O–H groups in total. The molecule has 0 bridgehead atoms. The van der Waals surface area contributed by atoms with E-state index in [0.29, 0.717) is 36.6 Å². The van der Waals surface area contributed by atoms with Crippen LogP contribution in [-0.2, 0) is 17.6 Å². The molecule has 2 aliphatic rings. The second-order valence-electron chi connectivity index (χ2n) is 6.72. The zero-order valence-corrected chi connectivity index (χ0v) is 14.0. The van der Waals surface area contributed by atoms with Crippen LogP contribution in [0.4, 0.5) is 0 Å². The van der Waals surface area contributed by atoms with Gasteiger partial charge in [-0.3, -0.25) is 14.4 Å². The first-order valence-corrected chi connectivity index (χ1v) is 8.60. The summed E-state index contributed by atoms with van der Waals surface area (Å²) in [5.41, 5.74) is 1.03. The van der Waals surface area contributed by atoms with E-state index in [-0.39, 0.29) is 23.9 Å². The molecule has 2 atom stereocenters. The number of carbonyl (C=O) groups is 2. The number of aryl methyl sites for hydroxylation is 1. The van der Waals surface area contributed by atoms with Gasteiger partial charge in [0.05, 0.1) is 11.6 Å². The molecule has 1 aliphatic carbocycles. The van der Waals surface area contributed by atoms with Crippen LogP contribution in [0.3, 0.4) is 0 Å². The fraction of sp³-hybridized carbons (Fsp3) is 0.647. The second-order valence-corrected chi connectivity index (χ2v) is 6.72. The summed E-state index contributed by atoms with van der Waals surface area (Å²) in [6.45, 7) is 4.42. The Morgan fingerprint density at radius 3 is 2.50 bits per heavy atom. The van der Waals surface area contributed by atoms with Crippen molar-refractivity contribution >= 4 is 11.9 Å². The summed E-state index contributed by atoms with van der Waals surface area (Å²) in [4.78, 5) is 38.3. The van der Waals surface area contributed by atoms with Gasteiger partial charge in [0.25, 0.3) is 11.5 Å². The molecule has 7 nitrogen and oxygen atoms in total. The zero-order valence-electron chi connectivity index (χ0n) is 14.0. The van der Waals surface area contributed by atoms with Crippen molar-refractivity contribution in [2.24, 2.45) is 17.8 Å². The third-order valence-electron chi connectivity index (χ3n) is 5.27. The lowest BCUT2D eigenvalue weighted by molar-refractivity contribution is -0.142. The number of carboxylic acids is 1. The molecule has 0 aromatic carbocycles. The van der Waals surface area contributed by atoms with E-state index >= 15 is 0 Å². The lowest BCUT2D eigenvalue weighted by atomic mass is 9.92. The Bertz CT molecular complexity index is 723.